The van der Waals surface area contributed by atoms with Crippen LogP contribution in [0.1, 0.15) is 64.0 Å². The lowest BCUT2D eigenvalue weighted by atomic mass is 9.48. The van der Waals surface area contributed by atoms with Gasteiger partial charge in [0.1, 0.15) is 11.5 Å². The van der Waals surface area contributed by atoms with E-state index in [2.05, 4.69) is 19.9 Å². The number of phenolic OH excluding ortho intramolecular Hbond substituents is 1. The van der Waals surface area contributed by atoms with E-state index < -0.39 is 0 Å². The summed E-state index contributed by atoms with van der Waals surface area (Å²) in [5.74, 6) is 1.17. The number of hydrogen-bond acceptors (Lipinski definition) is 2. The second kappa shape index (κ2) is 4.86. The number of carbonyl (C=O) groups is 1. The molecule has 0 spiro atoms. The highest BCUT2D eigenvalue weighted by Gasteiger charge is 2.54. The smallest absolute Gasteiger partial charge is 0.138 e. The van der Waals surface area contributed by atoms with E-state index in [9.17, 15) is 9.90 Å². The lowest BCUT2D eigenvalue weighted by molar-refractivity contribution is -0.136. The lowest BCUT2D eigenvalue weighted by Gasteiger charge is -2.54. The van der Waals surface area contributed by atoms with E-state index >= 15 is 0 Å². The Morgan fingerprint density at radius 2 is 2.10 bits per heavy atom. The van der Waals surface area contributed by atoms with E-state index in [0.29, 0.717) is 23.9 Å². The van der Waals surface area contributed by atoms with Crippen LogP contribution in [0.3, 0.4) is 0 Å². The van der Waals surface area contributed by atoms with Crippen molar-refractivity contribution in [2.24, 2.45) is 11.3 Å². The van der Waals surface area contributed by atoms with Crippen molar-refractivity contribution in [2.45, 2.75) is 64.7 Å². The van der Waals surface area contributed by atoms with Gasteiger partial charge in [0.05, 0.1) is 0 Å². The van der Waals surface area contributed by atoms with Gasteiger partial charge in [0.25, 0.3) is 0 Å². The Balaban J connectivity index is 2.10. The van der Waals surface area contributed by atoms with Crippen LogP contribution in [0.4, 0.5) is 0 Å². The Morgan fingerprint density at radius 1 is 1.33 bits per heavy atom. The van der Waals surface area contributed by atoms with Gasteiger partial charge in [-0.05, 0) is 60.3 Å². The maximum Gasteiger partial charge on any atom is 0.138 e. The zero-order chi connectivity index (χ0) is 15.3. The molecule has 0 aliphatic heterocycles. The highest BCUT2D eigenvalue weighted by Crippen LogP contribution is 2.58. The zero-order valence-electron chi connectivity index (χ0n) is 13.4. The summed E-state index contributed by atoms with van der Waals surface area (Å²) in [6.45, 7) is 6.49. The molecule has 0 bridgehead atoms. The van der Waals surface area contributed by atoms with Gasteiger partial charge in [-0.3, -0.25) is 4.79 Å². The predicted octanol–water partition coefficient (Wildman–Crippen LogP) is 4.38. The minimum atomic E-state index is -0.190. The summed E-state index contributed by atoms with van der Waals surface area (Å²) in [5.41, 5.74) is 2.49. The van der Waals surface area contributed by atoms with Gasteiger partial charge in [0.15, 0.2) is 0 Å². The molecule has 0 aromatic heterocycles. The first-order valence-corrected chi connectivity index (χ1v) is 8.27. The Morgan fingerprint density at radius 3 is 2.81 bits per heavy atom. The van der Waals surface area contributed by atoms with Crippen molar-refractivity contribution < 1.29 is 9.90 Å². The molecule has 0 radical (unpaired) electrons. The largest absolute Gasteiger partial charge is 0.508 e. The van der Waals surface area contributed by atoms with Crippen LogP contribution in [0.25, 0.3) is 0 Å². The molecule has 2 aliphatic rings. The van der Waals surface area contributed by atoms with Gasteiger partial charge in [0, 0.05) is 11.8 Å². The third-order valence-corrected chi connectivity index (χ3v) is 6.30. The molecule has 1 fully saturated rings. The number of Topliss-reactive ketones (excluding diaryl/α,β-unsaturated/α-hetero) is 1. The molecule has 3 atom stereocenters. The Bertz CT molecular complexity index is 577. The zero-order valence-corrected chi connectivity index (χ0v) is 13.4. The summed E-state index contributed by atoms with van der Waals surface area (Å²) >= 11 is 0. The van der Waals surface area contributed by atoms with Gasteiger partial charge >= 0.3 is 0 Å². The Labute approximate surface area is 127 Å². The summed E-state index contributed by atoms with van der Waals surface area (Å²) in [5, 5.41) is 9.91. The second-order valence-corrected chi connectivity index (χ2v) is 7.40. The SMILES string of the molecule is CCC(=O)[C@@]1(C)CCC[C@]2(C)c3cc(O)ccc3CC[C@@H]12. The number of aryl methyl sites for hydroxylation is 1. The predicted molar refractivity (Wildman–Crippen MR) is 84.5 cm³/mol. The molecule has 1 N–H and O–H groups in total. The number of fused-ring (bicyclic) bond motifs is 3. The standard InChI is InChI=1S/C19H26O2/c1-4-17(21)19(3)11-5-10-18(2)15-12-14(20)8-6-13(15)7-9-16(18)19/h6,8,12,16,20H,4-5,7,9-11H2,1-3H3/t16-,18-,19+/m1/s1. The minimum Gasteiger partial charge on any atom is -0.508 e. The molecular formula is C19H26O2. The molecule has 0 heterocycles. The van der Waals surface area contributed by atoms with Crippen LogP contribution in [0.2, 0.25) is 0 Å². The second-order valence-electron chi connectivity index (χ2n) is 7.40. The topological polar surface area (TPSA) is 37.3 Å². The van der Waals surface area contributed by atoms with E-state index in [1.54, 1.807) is 6.07 Å². The molecule has 1 saturated carbocycles. The molecule has 1 aromatic rings. The quantitative estimate of drug-likeness (QED) is 0.876. The highest BCUT2D eigenvalue weighted by molar-refractivity contribution is 5.85. The molecule has 3 rings (SSSR count). The number of rotatable bonds is 2. The number of hydrogen-bond donors (Lipinski definition) is 1. The first-order chi connectivity index (χ1) is 9.91. The maximum absolute atomic E-state index is 12.6. The molecule has 114 valence electrons. The van der Waals surface area contributed by atoms with Crippen LogP contribution in [-0.2, 0) is 16.6 Å². The summed E-state index contributed by atoms with van der Waals surface area (Å²) in [6.07, 6.45) is 6.01. The molecule has 2 aliphatic carbocycles. The van der Waals surface area contributed by atoms with Gasteiger partial charge < -0.3 is 5.11 Å². The van der Waals surface area contributed by atoms with E-state index in [0.717, 1.165) is 32.1 Å². The molecule has 2 nitrogen and oxygen atoms in total. The van der Waals surface area contributed by atoms with Crippen molar-refractivity contribution in [3.63, 3.8) is 0 Å². The van der Waals surface area contributed by atoms with Crippen molar-refractivity contribution in [3.05, 3.63) is 29.3 Å². The fourth-order valence-electron chi connectivity index (χ4n) is 5.19. The average Bonchev–Trinajstić information content (AvgIpc) is 2.46. The number of carbonyl (C=O) groups excluding carboxylic acids is 1. The van der Waals surface area contributed by atoms with Crippen molar-refractivity contribution >= 4 is 5.78 Å². The van der Waals surface area contributed by atoms with Crippen molar-refractivity contribution in [2.75, 3.05) is 0 Å². The van der Waals surface area contributed by atoms with Crippen LogP contribution >= 0.6 is 0 Å². The van der Waals surface area contributed by atoms with Crippen molar-refractivity contribution in [1.82, 2.24) is 0 Å². The van der Waals surface area contributed by atoms with Crippen molar-refractivity contribution in [1.29, 1.82) is 0 Å². The summed E-state index contributed by atoms with van der Waals surface area (Å²) in [7, 11) is 0. The number of benzene rings is 1. The molecule has 21 heavy (non-hydrogen) atoms. The Hall–Kier alpha value is -1.31. The normalized spacial score (nSPS) is 34.9. The van der Waals surface area contributed by atoms with Crippen LogP contribution in [0, 0.1) is 11.3 Å². The third kappa shape index (κ3) is 2.03. The lowest BCUT2D eigenvalue weighted by Crippen LogP contribution is -2.52. The van der Waals surface area contributed by atoms with E-state index in [1.165, 1.54) is 11.1 Å². The van der Waals surface area contributed by atoms with E-state index in [1.807, 2.05) is 13.0 Å². The summed E-state index contributed by atoms with van der Waals surface area (Å²) in [6, 6.07) is 5.81. The van der Waals surface area contributed by atoms with Gasteiger partial charge in [-0.25, -0.2) is 0 Å². The van der Waals surface area contributed by atoms with Crippen LogP contribution in [0.15, 0.2) is 18.2 Å². The average molecular weight is 286 g/mol. The molecule has 2 heteroatoms. The van der Waals surface area contributed by atoms with Gasteiger partial charge in [-0.1, -0.05) is 33.3 Å². The van der Waals surface area contributed by atoms with Crippen LogP contribution in [0.5, 0.6) is 5.75 Å². The number of aromatic hydroxyl groups is 1. The fourth-order valence-corrected chi connectivity index (χ4v) is 5.19. The van der Waals surface area contributed by atoms with E-state index in [4.69, 9.17) is 0 Å². The Kier molecular flexibility index (Phi) is 3.38. The number of ketones is 1. The molecule has 0 amide bonds. The van der Waals surface area contributed by atoms with Gasteiger partial charge in [0.2, 0.25) is 0 Å². The van der Waals surface area contributed by atoms with Gasteiger partial charge in [-0.2, -0.15) is 0 Å². The third-order valence-electron chi connectivity index (χ3n) is 6.30. The molecular weight excluding hydrogens is 260 g/mol. The first kappa shape index (κ1) is 14.6. The minimum absolute atomic E-state index is 0.0319. The molecule has 0 unspecified atom stereocenters. The van der Waals surface area contributed by atoms with Crippen LogP contribution < -0.4 is 0 Å². The monoisotopic (exact) mass is 286 g/mol. The maximum atomic E-state index is 12.6. The fraction of sp³-hybridized carbons (Fsp3) is 0.632. The van der Waals surface area contributed by atoms with Crippen molar-refractivity contribution in [3.8, 4) is 5.75 Å². The first-order valence-electron chi connectivity index (χ1n) is 8.27. The molecule has 1 aromatic carbocycles. The molecule has 0 saturated heterocycles. The van der Waals surface area contributed by atoms with Gasteiger partial charge in [-0.15, -0.1) is 0 Å². The highest BCUT2D eigenvalue weighted by atomic mass is 16.3. The summed E-state index contributed by atoms with van der Waals surface area (Å²) < 4.78 is 0. The van der Waals surface area contributed by atoms with Crippen LogP contribution in [-0.4, -0.2) is 10.9 Å². The summed E-state index contributed by atoms with van der Waals surface area (Å²) in [4.78, 5) is 12.6. The van der Waals surface area contributed by atoms with E-state index in [-0.39, 0.29) is 10.8 Å². The number of phenols is 1.